The molecule has 0 saturated heterocycles. The highest BCUT2D eigenvalue weighted by molar-refractivity contribution is 7.51. The fourth-order valence-corrected chi connectivity index (χ4v) is 1.32. The number of aromatic nitrogens is 2. The Hall–Kier alpha value is -1.23. The largest absolute Gasteiger partial charge is 0.506 e. The zero-order valence-corrected chi connectivity index (χ0v) is 9.89. The Morgan fingerprint density at radius 3 is 2.88 bits per heavy atom. The molecule has 2 N–H and O–H groups in total. The fourth-order valence-electron chi connectivity index (χ4n) is 0.950. The van der Waals surface area contributed by atoms with Crippen LogP contribution in [0, 0.1) is 0 Å². The predicted molar refractivity (Wildman–Crippen MR) is 58.9 cm³/mol. The molecule has 1 heterocycles. The lowest BCUT2D eigenvalue weighted by Crippen LogP contribution is -1.97. The smallest absolute Gasteiger partial charge is 0.325 e. The molecule has 0 aromatic carbocycles. The molecular weight excluding hydrogens is 231 g/mol. The van der Waals surface area contributed by atoms with E-state index >= 15 is 0 Å². The number of allylic oxidation sites excluding steroid dienone is 1. The van der Waals surface area contributed by atoms with Gasteiger partial charge >= 0.3 is 7.60 Å². The van der Waals surface area contributed by atoms with Gasteiger partial charge in [0.1, 0.15) is 17.8 Å². The van der Waals surface area contributed by atoms with Gasteiger partial charge in [0.2, 0.25) is 0 Å². The summed E-state index contributed by atoms with van der Waals surface area (Å²) in [6.07, 6.45) is 2.75. The van der Waals surface area contributed by atoms with Crippen LogP contribution in [0.3, 0.4) is 0 Å². The Morgan fingerprint density at radius 2 is 2.31 bits per heavy atom. The summed E-state index contributed by atoms with van der Waals surface area (Å²) < 4.78 is 15.6. The second-order valence-electron chi connectivity index (χ2n) is 3.14. The maximum atomic E-state index is 10.9. The van der Waals surface area contributed by atoms with Gasteiger partial charge in [-0.3, -0.25) is 4.57 Å². The van der Waals surface area contributed by atoms with Crippen molar-refractivity contribution in [1.29, 1.82) is 0 Å². The third-order valence-corrected chi connectivity index (χ3v) is 2.32. The molecule has 0 amide bonds. The van der Waals surface area contributed by atoms with Crippen LogP contribution in [-0.2, 0) is 15.7 Å². The predicted octanol–water partition coefficient (Wildman–Crippen LogP) is 1.73. The number of hydrogen-bond donors (Lipinski definition) is 2. The van der Waals surface area contributed by atoms with E-state index in [2.05, 4.69) is 9.97 Å². The lowest BCUT2D eigenvalue weighted by Gasteiger charge is -2.06. The molecule has 0 aliphatic rings. The standard InChI is InChI=1S/C9H13N2O4P/c1-3-9(12)8-4-7(10-6-11-8)5-15-16(2,13)14/h3-4,6,12H,5H2,1-2H3,(H,13,14)/b9-3-. The maximum Gasteiger partial charge on any atom is 0.325 e. The van der Waals surface area contributed by atoms with E-state index in [9.17, 15) is 9.67 Å². The second kappa shape index (κ2) is 5.21. The lowest BCUT2D eigenvalue weighted by atomic mass is 10.3. The highest BCUT2D eigenvalue weighted by Crippen LogP contribution is 2.37. The van der Waals surface area contributed by atoms with Gasteiger partial charge < -0.3 is 14.5 Å². The third kappa shape index (κ3) is 4.10. The first-order valence-electron chi connectivity index (χ1n) is 4.54. The van der Waals surface area contributed by atoms with E-state index in [0.29, 0.717) is 11.4 Å². The fraction of sp³-hybridized carbons (Fsp3) is 0.333. The van der Waals surface area contributed by atoms with Gasteiger partial charge in [-0.25, -0.2) is 9.97 Å². The molecule has 0 spiro atoms. The zero-order valence-electron chi connectivity index (χ0n) is 8.99. The van der Waals surface area contributed by atoms with E-state index in [-0.39, 0.29) is 12.4 Å². The third-order valence-electron chi connectivity index (χ3n) is 1.71. The van der Waals surface area contributed by atoms with E-state index in [0.717, 1.165) is 6.66 Å². The summed E-state index contributed by atoms with van der Waals surface area (Å²) in [5, 5.41) is 9.41. The van der Waals surface area contributed by atoms with E-state index in [1.807, 2.05) is 0 Å². The normalized spacial score (nSPS) is 15.8. The van der Waals surface area contributed by atoms with Crippen LogP contribution in [0.15, 0.2) is 18.5 Å². The van der Waals surface area contributed by atoms with Gasteiger partial charge in [-0.2, -0.15) is 0 Å². The van der Waals surface area contributed by atoms with Crippen LogP contribution in [-0.4, -0.2) is 26.6 Å². The monoisotopic (exact) mass is 244 g/mol. The Labute approximate surface area is 93.2 Å². The van der Waals surface area contributed by atoms with Gasteiger partial charge in [-0.05, 0) is 19.1 Å². The summed E-state index contributed by atoms with van der Waals surface area (Å²) in [5.41, 5.74) is 0.773. The number of aliphatic hydroxyl groups excluding tert-OH is 1. The quantitative estimate of drug-likeness (QED) is 0.618. The van der Waals surface area contributed by atoms with Crippen molar-refractivity contribution in [2.45, 2.75) is 13.5 Å². The summed E-state index contributed by atoms with van der Waals surface area (Å²) in [6.45, 7) is 2.66. The molecule has 0 aliphatic carbocycles. The maximum absolute atomic E-state index is 10.9. The molecule has 88 valence electrons. The minimum absolute atomic E-state index is 0.0207. The molecule has 1 rings (SSSR count). The van der Waals surface area contributed by atoms with Crippen LogP contribution in [0.1, 0.15) is 18.3 Å². The zero-order chi connectivity index (χ0) is 12.2. The molecule has 16 heavy (non-hydrogen) atoms. The van der Waals surface area contributed by atoms with E-state index in [1.54, 1.807) is 6.92 Å². The van der Waals surface area contributed by atoms with Crippen LogP contribution in [0.4, 0.5) is 0 Å². The Kier molecular flexibility index (Phi) is 4.18. The highest BCUT2D eigenvalue weighted by atomic mass is 31.2. The molecule has 1 unspecified atom stereocenters. The first kappa shape index (κ1) is 12.8. The van der Waals surface area contributed by atoms with Gasteiger partial charge in [0, 0.05) is 6.66 Å². The first-order chi connectivity index (χ1) is 7.42. The van der Waals surface area contributed by atoms with Crippen molar-refractivity contribution < 1.29 is 19.1 Å². The summed E-state index contributed by atoms with van der Waals surface area (Å²) >= 11 is 0. The van der Waals surface area contributed by atoms with E-state index < -0.39 is 7.60 Å². The Balaban J connectivity index is 2.79. The summed E-state index contributed by atoms with van der Waals surface area (Å²) in [5.74, 6) is 0.0207. The van der Waals surface area contributed by atoms with Crippen molar-refractivity contribution >= 4 is 13.4 Å². The van der Waals surface area contributed by atoms with Gasteiger partial charge in [-0.15, -0.1) is 0 Å². The van der Waals surface area contributed by atoms with Gasteiger partial charge in [0.25, 0.3) is 0 Å². The van der Waals surface area contributed by atoms with Crippen molar-refractivity contribution in [3.05, 3.63) is 29.9 Å². The van der Waals surface area contributed by atoms with E-state index in [1.165, 1.54) is 18.5 Å². The van der Waals surface area contributed by atoms with Crippen molar-refractivity contribution in [1.82, 2.24) is 9.97 Å². The van der Waals surface area contributed by atoms with Crippen LogP contribution >= 0.6 is 7.60 Å². The van der Waals surface area contributed by atoms with Gasteiger partial charge in [0.15, 0.2) is 0 Å². The molecule has 1 atom stereocenters. The Morgan fingerprint density at radius 1 is 1.62 bits per heavy atom. The molecule has 7 heteroatoms. The molecule has 1 aromatic heterocycles. The van der Waals surface area contributed by atoms with E-state index in [4.69, 9.17) is 9.42 Å². The van der Waals surface area contributed by atoms with Crippen LogP contribution < -0.4 is 0 Å². The molecule has 0 bridgehead atoms. The van der Waals surface area contributed by atoms with Crippen LogP contribution in [0.2, 0.25) is 0 Å². The molecule has 0 aliphatic heterocycles. The molecule has 6 nitrogen and oxygen atoms in total. The molecule has 0 fully saturated rings. The summed E-state index contributed by atoms with van der Waals surface area (Å²) in [4.78, 5) is 16.6. The minimum Gasteiger partial charge on any atom is -0.506 e. The van der Waals surface area contributed by atoms with Crippen molar-refractivity contribution in [3.8, 4) is 0 Å². The molecule has 0 radical (unpaired) electrons. The molecular formula is C9H13N2O4P. The minimum atomic E-state index is -3.51. The summed E-state index contributed by atoms with van der Waals surface area (Å²) in [7, 11) is -3.51. The van der Waals surface area contributed by atoms with Crippen LogP contribution in [0.25, 0.3) is 5.76 Å². The van der Waals surface area contributed by atoms with Crippen molar-refractivity contribution in [3.63, 3.8) is 0 Å². The van der Waals surface area contributed by atoms with Crippen LogP contribution in [0.5, 0.6) is 0 Å². The van der Waals surface area contributed by atoms with Crippen molar-refractivity contribution in [2.75, 3.05) is 6.66 Å². The highest BCUT2D eigenvalue weighted by Gasteiger charge is 2.11. The molecule has 1 aromatic rings. The summed E-state index contributed by atoms with van der Waals surface area (Å²) in [6, 6.07) is 1.49. The number of hydrogen-bond acceptors (Lipinski definition) is 5. The van der Waals surface area contributed by atoms with Crippen molar-refractivity contribution in [2.24, 2.45) is 0 Å². The second-order valence-corrected chi connectivity index (χ2v) is 5.01. The average molecular weight is 244 g/mol. The Bertz CT molecular complexity index is 441. The topological polar surface area (TPSA) is 92.5 Å². The molecule has 0 saturated carbocycles. The van der Waals surface area contributed by atoms with Gasteiger partial charge in [0.05, 0.1) is 12.3 Å². The lowest BCUT2D eigenvalue weighted by molar-refractivity contribution is 0.252. The number of aliphatic hydroxyl groups is 1. The first-order valence-corrected chi connectivity index (χ1v) is 6.56. The van der Waals surface area contributed by atoms with Gasteiger partial charge in [-0.1, -0.05) is 0 Å². The number of nitrogens with zero attached hydrogens (tertiary/aromatic N) is 2. The number of rotatable bonds is 4. The average Bonchev–Trinajstić information content (AvgIpc) is 2.25. The SMILES string of the molecule is C/C=C(\O)c1cc(COP(C)(=O)O)ncn1.